The Morgan fingerprint density at radius 3 is 2.68 bits per heavy atom. The number of ether oxygens (including phenoxy) is 1. The lowest BCUT2D eigenvalue weighted by atomic mass is 10.2. The van der Waals surface area contributed by atoms with Gasteiger partial charge in [-0.1, -0.05) is 29.8 Å². The van der Waals surface area contributed by atoms with Crippen molar-refractivity contribution in [1.82, 2.24) is 4.98 Å². The Hall–Kier alpha value is -2.13. The van der Waals surface area contributed by atoms with Crippen molar-refractivity contribution in [2.45, 2.75) is 6.61 Å². The molecule has 4 heteroatoms. The highest BCUT2D eigenvalue weighted by atomic mass is 35.5. The lowest BCUT2D eigenvalue weighted by Crippen LogP contribution is -2.01. The van der Waals surface area contributed by atoms with Gasteiger partial charge >= 0.3 is 5.97 Å². The van der Waals surface area contributed by atoms with Crippen molar-refractivity contribution in [2.75, 3.05) is 0 Å². The van der Waals surface area contributed by atoms with E-state index in [2.05, 4.69) is 4.98 Å². The number of carbonyl (C=O) groups excluding carboxylic acids is 1. The third kappa shape index (κ3) is 4.56. The third-order valence-electron chi connectivity index (χ3n) is 2.37. The molecule has 0 unspecified atom stereocenters. The molecule has 96 valence electrons. The summed E-state index contributed by atoms with van der Waals surface area (Å²) in [7, 11) is 0. The van der Waals surface area contributed by atoms with E-state index < -0.39 is 5.97 Å². The second kappa shape index (κ2) is 6.71. The van der Waals surface area contributed by atoms with Crippen LogP contribution in [0.4, 0.5) is 0 Å². The topological polar surface area (TPSA) is 39.2 Å². The van der Waals surface area contributed by atoms with Crippen LogP contribution in [0.1, 0.15) is 11.3 Å². The van der Waals surface area contributed by atoms with Crippen LogP contribution in [0.3, 0.4) is 0 Å². The van der Waals surface area contributed by atoms with E-state index in [9.17, 15) is 4.79 Å². The Balaban J connectivity index is 1.86. The Morgan fingerprint density at radius 2 is 2.00 bits per heavy atom. The highest BCUT2D eigenvalue weighted by Gasteiger charge is 1.99. The summed E-state index contributed by atoms with van der Waals surface area (Å²) in [4.78, 5) is 15.6. The van der Waals surface area contributed by atoms with Crippen LogP contribution in [0.5, 0.6) is 0 Å². The van der Waals surface area contributed by atoms with Gasteiger partial charge in [0.05, 0.1) is 5.69 Å². The first kappa shape index (κ1) is 13.3. The maximum absolute atomic E-state index is 11.5. The van der Waals surface area contributed by atoms with Crippen molar-refractivity contribution in [1.29, 1.82) is 0 Å². The monoisotopic (exact) mass is 273 g/mol. The highest BCUT2D eigenvalue weighted by Crippen LogP contribution is 2.10. The van der Waals surface area contributed by atoms with Crippen molar-refractivity contribution in [2.24, 2.45) is 0 Å². The number of aromatic nitrogens is 1. The molecule has 0 aliphatic heterocycles. The number of carbonyl (C=O) groups is 1. The van der Waals surface area contributed by atoms with E-state index in [1.807, 2.05) is 24.3 Å². The highest BCUT2D eigenvalue weighted by molar-refractivity contribution is 6.30. The molecule has 2 rings (SSSR count). The molecule has 0 fully saturated rings. The van der Waals surface area contributed by atoms with Gasteiger partial charge in [0, 0.05) is 17.3 Å². The zero-order valence-corrected chi connectivity index (χ0v) is 10.9. The van der Waals surface area contributed by atoms with Gasteiger partial charge in [-0.3, -0.25) is 4.98 Å². The predicted octanol–water partition coefficient (Wildman–Crippen LogP) is 3.49. The van der Waals surface area contributed by atoms with Crippen LogP contribution in [0, 0.1) is 0 Å². The minimum absolute atomic E-state index is 0.171. The molecular formula is C15H12ClNO2. The van der Waals surface area contributed by atoms with E-state index in [0.717, 1.165) is 11.3 Å². The lowest BCUT2D eigenvalue weighted by molar-refractivity contribution is -0.139. The summed E-state index contributed by atoms with van der Waals surface area (Å²) in [6.07, 6.45) is 4.72. The second-order valence-corrected chi connectivity index (χ2v) is 4.25. The normalized spacial score (nSPS) is 10.6. The van der Waals surface area contributed by atoms with Crippen molar-refractivity contribution in [3.8, 4) is 0 Å². The number of benzene rings is 1. The molecule has 0 saturated heterocycles. The van der Waals surface area contributed by atoms with Gasteiger partial charge in [0.1, 0.15) is 6.61 Å². The maximum atomic E-state index is 11.5. The minimum Gasteiger partial charge on any atom is -0.456 e. The number of rotatable bonds is 4. The van der Waals surface area contributed by atoms with Crippen LogP contribution < -0.4 is 0 Å². The smallest absolute Gasteiger partial charge is 0.331 e. The van der Waals surface area contributed by atoms with E-state index in [1.165, 1.54) is 6.08 Å². The summed E-state index contributed by atoms with van der Waals surface area (Å²) >= 11 is 5.77. The molecule has 1 aromatic heterocycles. The molecular weight excluding hydrogens is 262 g/mol. The van der Waals surface area contributed by atoms with Crippen LogP contribution in [0.15, 0.2) is 54.7 Å². The van der Waals surface area contributed by atoms with Gasteiger partial charge in [0.15, 0.2) is 0 Å². The van der Waals surface area contributed by atoms with Gasteiger partial charge in [-0.2, -0.15) is 0 Å². The molecule has 3 nitrogen and oxygen atoms in total. The predicted molar refractivity (Wildman–Crippen MR) is 74.5 cm³/mol. The van der Waals surface area contributed by atoms with Gasteiger partial charge in [0.25, 0.3) is 0 Å². The van der Waals surface area contributed by atoms with Crippen LogP contribution in [0.25, 0.3) is 6.08 Å². The Bertz CT molecular complexity index is 564. The number of esters is 1. The average Bonchev–Trinajstić information content (AvgIpc) is 2.45. The fraction of sp³-hybridized carbons (Fsp3) is 0.0667. The van der Waals surface area contributed by atoms with E-state index >= 15 is 0 Å². The van der Waals surface area contributed by atoms with Crippen molar-refractivity contribution < 1.29 is 9.53 Å². The first-order valence-corrected chi connectivity index (χ1v) is 6.12. The molecule has 0 aliphatic rings. The maximum Gasteiger partial charge on any atom is 0.331 e. The van der Waals surface area contributed by atoms with Gasteiger partial charge in [-0.05, 0) is 35.9 Å². The van der Waals surface area contributed by atoms with Crippen molar-refractivity contribution in [3.63, 3.8) is 0 Å². The minimum atomic E-state index is -0.402. The van der Waals surface area contributed by atoms with Gasteiger partial charge in [0.2, 0.25) is 0 Å². The summed E-state index contributed by atoms with van der Waals surface area (Å²) in [6, 6.07) is 12.6. The van der Waals surface area contributed by atoms with Crippen LogP contribution in [0.2, 0.25) is 5.02 Å². The number of halogens is 1. The van der Waals surface area contributed by atoms with Crippen LogP contribution in [-0.2, 0) is 16.1 Å². The van der Waals surface area contributed by atoms with Crippen LogP contribution >= 0.6 is 11.6 Å². The van der Waals surface area contributed by atoms with E-state index in [1.54, 1.807) is 30.5 Å². The number of hydrogen-bond donors (Lipinski definition) is 0. The molecule has 0 amide bonds. The molecule has 0 N–H and O–H groups in total. The van der Waals surface area contributed by atoms with Gasteiger partial charge in [-0.25, -0.2) is 4.79 Å². The summed E-state index contributed by atoms with van der Waals surface area (Å²) in [6.45, 7) is 0.171. The first-order chi connectivity index (χ1) is 9.24. The zero-order chi connectivity index (χ0) is 13.5. The summed E-state index contributed by atoms with van der Waals surface area (Å²) in [5.74, 6) is -0.402. The van der Waals surface area contributed by atoms with Crippen LogP contribution in [-0.4, -0.2) is 11.0 Å². The number of nitrogens with zero attached hydrogens (tertiary/aromatic N) is 1. The Morgan fingerprint density at radius 1 is 1.21 bits per heavy atom. The fourth-order valence-electron chi connectivity index (χ4n) is 1.41. The molecule has 0 bridgehead atoms. The molecule has 2 aromatic rings. The van der Waals surface area contributed by atoms with Crippen molar-refractivity contribution >= 4 is 23.6 Å². The lowest BCUT2D eigenvalue weighted by Gasteiger charge is -2.00. The zero-order valence-electron chi connectivity index (χ0n) is 10.1. The van der Waals surface area contributed by atoms with Crippen molar-refractivity contribution in [3.05, 3.63) is 71.0 Å². The summed E-state index contributed by atoms with van der Waals surface area (Å²) in [5, 5.41) is 0.662. The summed E-state index contributed by atoms with van der Waals surface area (Å²) < 4.78 is 5.06. The second-order valence-electron chi connectivity index (χ2n) is 3.81. The average molecular weight is 274 g/mol. The molecule has 1 aromatic carbocycles. The first-order valence-electron chi connectivity index (χ1n) is 5.74. The van der Waals surface area contributed by atoms with Gasteiger partial charge < -0.3 is 4.74 Å². The number of pyridine rings is 1. The largest absolute Gasteiger partial charge is 0.456 e. The fourth-order valence-corrected chi connectivity index (χ4v) is 1.54. The number of hydrogen-bond acceptors (Lipinski definition) is 3. The van der Waals surface area contributed by atoms with Gasteiger partial charge in [-0.15, -0.1) is 0 Å². The Labute approximate surface area is 116 Å². The molecule has 0 aliphatic carbocycles. The molecule has 0 atom stereocenters. The van der Waals surface area contributed by atoms with E-state index in [-0.39, 0.29) is 6.61 Å². The standard InChI is InChI=1S/C15H12ClNO2/c16-13-7-4-12(5-8-13)6-9-15(18)19-11-14-3-1-2-10-17-14/h1-10H,11H2/b9-6-. The third-order valence-corrected chi connectivity index (χ3v) is 2.62. The SMILES string of the molecule is O=C(/C=C\c1ccc(Cl)cc1)OCc1ccccn1. The molecule has 19 heavy (non-hydrogen) atoms. The molecule has 0 spiro atoms. The molecule has 1 heterocycles. The van der Waals surface area contributed by atoms with E-state index in [0.29, 0.717) is 5.02 Å². The molecule has 0 radical (unpaired) electrons. The van der Waals surface area contributed by atoms with E-state index in [4.69, 9.17) is 16.3 Å². The molecule has 0 saturated carbocycles. The Kier molecular flexibility index (Phi) is 4.70. The summed E-state index contributed by atoms with van der Waals surface area (Å²) in [5.41, 5.74) is 1.61. The quantitative estimate of drug-likeness (QED) is 0.632.